The average molecular weight is 240 g/mol. The zero-order chi connectivity index (χ0) is 12.6. The molecule has 0 amide bonds. The Morgan fingerprint density at radius 1 is 1.00 bits per heavy atom. The molecule has 0 radical (unpaired) electrons. The first-order chi connectivity index (χ1) is 8.26. The van der Waals surface area contributed by atoms with Crippen molar-refractivity contribution in [3.05, 3.63) is 0 Å². The Morgan fingerprint density at radius 3 is 1.94 bits per heavy atom. The smallest absolute Gasteiger partial charge is 0.0306 e. The van der Waals surface area contributed by atoms with Crippen LogP contribution in [0.2, 0.25) is 0 Å². The van der Waals surface area contributed by atoms with Crippen LogP contribution in [0.15, 0.2) is 0 Å². The standard InChI is InChI=1S/C15H32N2/c1-3-11-15(13-16,12-4-2)17-14-9-7-5-6-8-10-14/h14,17H,3-13,16H2,1-2H3. The van der Waals surface area contributed by atoms with Crippen LogP contribution in [0.3, 0.4) is 0 Å². The highest BCUT2D eigenvalue weighted by atomic mass is 15.0. The maximum atomic E-state index is 6.07. The van der Waals surface area contributed by atoms with Gasteiger partial charge in [0.1, 0.15) is 0 Å². The fourth-order valence-electron chi connectivity index (χ4n) is 3.35. The lowest BCUT2D eigenvalue weighted by Gasteiger charge is -2.37. The second-order valence-electron chi connectivity index (χ2n) is 5.82. The van der Waals surface area contributed by atoms with E-state index in [1.165, 1.54) is 64.2 Å². The van der Waals surface area contributed by atoms with E-state index in [0.29, 0.717) is 0 Å². The highest BCUT2D eigenvalue weighted by Crippen LogP contribution is 2.24. The number of hydrogen-bond acceptors (Lipinski definition) is 2. The summed E-state index contributed by atoms with van der Waals surface area (Å²) in [7, 11) is 0. The Labute approximate surface area is 108 Å². The van der Waals surface area contributed by atoms with E-state index in [1.54, 1.807) is 0 Å². The molecular weight excluding hydrogens is 208 g/mol. The van der Waals surface area contributed by atoms with Crippen molar-refractivity contribution in [3.63, 3.8) is 0 Å². The largest absolute Gasteiger partial charge is 0.329 e. The second kappa shape index (κ2) is 8.10. The molecule has 0 heterocycles. The van der Waals surface area contributed by atoms with Gasteiger partial charge < -0.3 is 11.1 Å². The molecule has 0 bridgehead atoms. The van der Waals surface area contributed by atoms with Gasteiger partial charge in [0.25, 0.3) is 0 Å². The SMILES string of the molecule is CCCC(CN)(CCC)NC1CCCCCC1. The fraction of sp³-hybridized carbons (Fsp3) is 1.00. The normalized spacial score (nSPS) is 19.2. The van der Waals surface area contributed by atoms with Crippen molar-refractivity contribution in [1.82, 2.24) is 5.32 Å². The van der Waals surface area contributed by atoms with E-state index in [4.69, 9.17) is 5.73 Å². The van der Waals surface area contributed by atoms with Crippen molar-refractivity contribution < 1.29 is 0 Å². The fourth-order valence-corrected chi connectivity index (χ4v) is 3.35. The molecule has 17 heavy (non-hydrogen) atoms. The molecule has 1 aliphatic rings. The van der Waals surface area contributed by atoms with E-state index in [0.717, 1.165) is 12.6 Å². The van der Waals surface area contributed by atoms with Gasteiger partial charge in [-0.15, -0.1) is 0 Å². The molecule has 0 saturated heterocycles. The van der Waals surface area contributed by atoms with Crippen molar-refractivity contribution in [2.24, 2.45) is 5.73 Å². The van der Waals surface area contributed by atoms with Crippen LogP contribution < -0.4 is 11.1 Å². The summed E-state index contributed by atoms with van der Waals surface area (Å²) in [6, 6.07) is 0.721. The van der Waals surface area contributed by atoms with Gasteiger partial charge in [-0.1, -0.05) is 52.4 Å². The molecule has 1 fully saturated rings. The molecule has 102 valence electrons. The van der Waals surface area contributed by atoms with Crippen LogP contribution in [0.4, 0.5) is 0 Å². The second-order valence-corrected chi connectivity index (χ2v) is 5.82. The van der Waals surface area contributed by atoms with E-state index in [1.807, 2.05) is 0 Å². The monoisotopic (exact) mass is 240 g/mol. The summed E-state index contributed by atoms with van der Waals surface area (Å²) >= 11 is 0. The van der Waals surface area contributed by atoms with E-state index < -0.39 is 0 Å². The summed E-state index contributed by atoms with van der Waals surface area (Å²) in [5.41, 5.74) is 6.29. The minimum Gasteiger partial charge on any atom is -0.329 e. The first-order valence-electron chi connectivity index (χ1n) is 7.74. The molecule has 1 aliphatic carbocycles. The first kappa shape index (κ1) is 15.0. The van der Waals surface area contributed by atoms with Gasteiger partial charge in [0, 0.05) is 18.1 Å². The molecule has 0 aromatic carbocycles. The van der Waals surface area contributed by atoms with Gasteiger partial charge in [-0.25, -0.2) is 0 Å². The van der Waals surface area contributed by atoms with Crippen LogP contribution in [0, 0.1) is 0 Å². The zero-order valence-corrected chi connectivity index (χ0v) is 11.9. The van der Waals surface area contributed by atoms with Crippen LogP contribution >= 0.6 is 0 Å². The average Bonchev–Trinajstić information content (AvgIpc) is 2.58. The summed E-state index contributed by atoms with van der Waals surface area (Å²) in [4.78, 5) is 0. The van der Waals surface area contributed by atoms with Gasteiger partial charge in [-0.2, -0.15) is 0 Å². The van der Waals surface area contributed by atoms with Gasteiger partial charge in [-0.05, 0) is 25.7 Å². The molecule has 2 heteroatoms. The van der Waals surface area contributed by atoms with Crippen molar-refractivity contribution >= 4 is 0 Å². The molecule has 3 N–H and O–H groups in total. The lowest BCUT2D eigenvalue weighted by Crippen LogP contribution is -2.55. The summed E-state index contributed by atoms with van der Waals surface area (Å²) in [5, 5.41) is 3.94. The Morgan fingerprint density at radius 2 is 1.53 bits per heavy atom. The van der Waals surface area contributed by atoms with Gasteiger partial charge in [0.05, 0.1) is 0 Å². The zero-order valence-electron chi connectivity index (χ0n) is 11.9. The Kier molecular flexibility index (Phi) is 7.14. The van der Waals surface area contributed by atoms with Crippen LogP contribution in [0.1, 0.15) is 78.1 Å². The molecule has 0 aromatic rings. The lowest BCUT2D eigenvalue weighted by molar-refractivity contribution is 0.239. The molecule has 0 aliphatic heterocycles. The lowest BCUT2D eigenvalue weighted by atomic mass is 9.87. The third-order valence-corrected chi connectivity index (χ3v) is 4.21. The van der Waals surface area contributed by atoms with Crippen LogP contribution in [0.25, 0.3) is 0 Å². The molecule has 0 atom stereocenters. The van der Waals surface area contributed by atoms with Gasteiger partial charge in [0.2, 0.25) is 0 Å². The van der Waals surface area contributed by atoms with Crippen molar-refractivity contribution in [1.29, 1.82) is 0 Å². The minimum atomic E-state index is 0.221. The van der Waals surface area contributed by atoms with Gasteiger partial charge in [-0.3, -0.25) is 0 Å². The van der Waals surface area contributed by atoms with Crippen molar-refractivity contribution in [3.8, 4) is 0 Å². The molecular formula is C15H32N2. The molecule has 0 spiro atoms. The highest BCUT2D eigenvalue weighted by Gasteiger charge is 2.29. The first-order valence-corrected chi connectivity index (χ1v) is 7.74. The minimum absolute atomic E-state index is 0.221. The number of nitrogens with one attached hydrogen (secondary N) is 1. The Bertz CT molecular complexity index is 177. The van der Waals surface area contributed by atoms with E-state index in [-0.39, 0.29) is 5.54 Å². The Hall–Kier alpha value is -0.0800. The predicted molar refractivity (Wildman–Crippen MR) is 76.2 cm³/mol. The maximum absolute atomic E-state index is 6.07. The summed E-state index contributed by atoms with van der Waals surface area (Å²) in [6.07, 6.45) is 13.3. The van der Waals surface area contributed by atoms with E-state index in [9.17, 15) is 0 Å². The number of hydrogen-bond donors (Lipinski definition) is 2. The van der Waals surface area contributed by atoms with Crippen LogP contribution in [-0.4, -0.2) is 18.1 Å². The number of rotatable bonds is 7. The molecule has 0 aromatic heterocycles. The third kappa shape index (κ3) is 4.97. The number of nitrogens with two attached hydrogens (primary N) is 1. The Balaban J connectivity index is 2.55. The summed E-state index contributed by atoms with van der Waals surface area (Å²) in [6.45, 7) is 5.34. The molecule has 1 saturated carbocycles. The molecule has 2 nitrogen and oxygen atoms in total. The van der Waals surface area contributed by atoms with Crippen LogP contribution in [-0.2, 0) is 0 Å². The third-order valence-electron chi connectivity index (χ3n) is 4.21. The maximum Gasteiger partial charge on any atom is 0.0306 e. The van der Waals surface area contributed by atoms with Gasteiger partial charge >= 0.3 is 0 Å². The highest BCUT2D eigenvalue weighted by molar-refractivity contribution is 4.91. The molecule has 1 rings (SSSR count). The predicted octanol–water partition coefficient (Wildman–Crippen LogP) is 3.60. The van der Waals surface area contributed by atoms with Crippen LogP contribution in [0.5, 0.6) is 0 Å². The van der Waals surface area contributed by atoms with E-state index in [2.05, 4.69) is 19.2 Å². The van der Waals surface area contributed by atoms with Crippen molar-refractivity contribution in [2.75, 3.05) is 6.54 Å². The molecule has 0 unspecified atom stereocenters. The van der Waals surface area contributed by atoms with Crippen molar-refractivity contribution in [2.45, 2.75) is 89.6 Å². The summed E-state index contributed by atoms with van der Waals surface area (Å²) < 4.78 is 0. The van der Waals surface area contributed by atoms with E-state index >= 15 is 0 Å². The van der Waals surface area contributed by atoms with Gasteiger partial charge in [0.15, 0.2) is 0 Å². The quantitative estimate of drug-likeness (QED) is 0.667. The topological polar surface area (TPSA) is 38.0 Å². The summed E-state index contributed by atoms with van der Waals surface area (Å²) in [5.74, 6) is 0.